The molecule has 0 radical (unpaired) electrons. The van der Waals surface area contributed by atoms with Crippen molar-refractivity contribution in [1.82, 2.24) is 0 Å². The molecule has 0 aromatic heterocycles. The number of fused-ring (bicyclic) bond motifs is 9. The van der Waals surface area contributed by atoms with E-state index in [2.05, 4.69) is 147 Å². The molecule has 9 rings (SSSR count). The lowest BCUT2D eigenvalue weighted by Gasteiger charge is -2.23. The molecule has 204 valence electrons. The van der Waals surface area contributed by atoms with Crippen LogP contribution in [-0.4, -0.2) is 0 Å². The van der Waals surface area contributed by atoms with Crippen molar-refractivity contribution in [2.45, 2.75) is 32.1 Å². The van der Waals surface area contributed by atoms with Crippen molar-refractivity contribution in [3.8, 4) is 33.4 Å². The van der Waals surface area contributed by atoms with Crippen LogP contribution >= 0.6 is 0 Å². The molecule has 0 saturated carbocycles. The Bertz CT molecular complexity index is 2310. The van der Waals surface area contributed by atoms with Gasteiger partial charge in [-0.1, -0.05) is 123 Å². The average molecular weight is 549 g/mol. The molecule has 0 fully saturated rings. The van der Waals surface area contributed by atoms with E-state index in [-0.39, 0.29) is 5.41 Å². The van der Waals surface area contributed by atoms with Crippen molar-refractivity contribution in [1.29, 1.82) is 0 Å². The Morgan fingerprint density at radius 3 is 1.74 bits per heavy atom. The Hall–Kier alpha value is -4.94. The molecule has 2 aliphatic carbocycles. The van der Waals surface area contributed by atoms with E-state index in [1.54, 1.807) is 0 Å². The molecule has 2 aliphatic rings. The topological polar surface area (TPSA) is 0 Å². The molecule has 0 unspecified atom stereocenters. The zero-order chi connectivity index (χ0) is 28.7. The summed E-state index contributed by atoms with van der Waals surface area (Å²) in [6.45, 7) is 4.80. The van der Waals surface area contributed by atoms with E-state index >= 15 is 0 Å². The number of aryl methyl sites for hydroxylation is 1. The van der Waals surface area contributed by atoms with E-state index in [4.69, 9.17) is 0 Å². The number of hydrogen-bond donors (Lipinski definition) is 0. The number of allylic oxidation sites excluding steroid dienone is 1. The third kappa shape index (κ3) is 3.56. The third-order valence-electron chi connectivity index (χ3n) is 10.1. The first-order valence-electron chi connectivity index (χ1n) is 15.5. The highest BCUT2D eigenvalue weighted by atomic mass is 14.4. The summed E-state index contributed by atoms with van der Waals surface area (Å²) in [6.07, 6.45) is 6.87. The zero-order valence-electron chi connectivity index (χ0n) is 24.6. The van der Waals surface area contributed by atoms with Crippen molar-refractivity contribution in [2.75, 3.05) is 0 Å². The minimum Gasteiger partial charge on any atom is -0.0836 e. The highest BCUT2D eigenvalue weighted by Crippen LogP contribution is 2.51. The predicted molar refractivity (Wildman–Crippen MR) is 185 cm³/mol. The second kappa shape index (κ2) is 9.03. The maximum atomic E-state index is 2.48. The van der Waals surface area contributed by atoms with Gasteiger partial charge in [0, 0.05) is 5.41 Å². The molecule has 0 spiro atoms. The fraction of sp³-hybridized carbons (Fsp3) is 0.116. The first-order chi connectivity index (χ1) is 21.1. The maximum Gasteiger partial charge on any atom is 0.0159 e. The van der Waals surface area contributed by atoms with Gasteiger partial charge in [-0.3, -0.25) is 0 Å². The van der Waals surface area contributed by atoms with E-state index < -0.39 is 0 Å². The van der Waals surface area contributed by atoms with Crippen LogP contribution in [0.3, 0.4) is 0 Å². The van der Waals surface area contributed by atoms with Crippen LogP contribution in [0, 0.1) is 0 Å². The predicted octanol–water partition coefficient (Wildman–Crippen LogP) is 11.7. The first-order valence-corrected chi connectivity index (χ1v) is 15.5. The molecule has 0 heterocycles. The molecular weight excluding hydrogens is 516 g/mol. The highest BCUT2D eigenvalue weighted by molar-refractivity contribution is 6.14. The van der Waals surface area contributed by atoms with E-state index in [0.29, 0.717) is 0 Å². The standard InChI is InChI=1S/C43H32/c1-43(2)41-25-29(39-23-27-11-3-5-13-31(27)33-15-7-9-17-35(33)39)19-21-37(41)38-22-20-30(26-42(38)43)40-24-28-12-4-6-14-32(28)34-16-8-10-18-36(34)40/h3,5-11,13-26H,4,12H2,1-2H3. The molecule has 0 saturated heterocycles. The Balaban J connectivity index is 1.21. The van der Waals surface area contributed by atoms with Crippen molar-refractivity contribution in [3.05, 3.63) is 150 Å². The van der Waals surface area contributed by atoms with E-state index in [9.17, 15) is 0 Å². The minimum atomic E-state index is -0.101. The van der Waals surface area contributed by atoms with Gasteiger partial charge in [0.1, 0.15) is 0 Å². The van der Waals surface area contributed by atoms with Crippen molar-refractivity contribution >= 4 is 38.4 Å². The number of benzene rings is 7. The Morgan fingerprint density at radius 2 is 1.05 bits per heavy atom. The molecule has 0 nitrogen and oxygen atoms in total. The van der Waals surface area contributed by atoms with Gasteiger partial charge in [-0.2, -0.15) is 0 Å². The molecule has 0 N–H and O–H groups in total. The van der Waals surface area contributed by atoms with Crippen LogP contribution in [0.1, 0.15) is 42.5 Å². The summed E-state index contributed by atoms with van der Waals surface area (Å²) in [5.74, 6) is 0. The summed E-state index contributed by atoms with van der Waals surface area (Å²) >= 11 is 0. The summed E-state index contributed by atoms with van der Waals surface area (Å²) in [7, 11) is 0. The molecule has 0 bridgehead atoms. The van der Waals surface area contributed by atoms with Gasteiger partial charge in [0.25, 0.3) is 0 Å². The summed E-state index contributed by atoms with van der Waals surface area (Å²) in [4.78, 5) is 0. The van der Waals surface area contributed by atoms with Gasteiger partial charge in [-0.25, -0.2) is 0 Å². The average Bonchev–Trinajstić information content (AvgIpc) is 3.29. The first kappa shape index (κ1) is 24.6. The normalized spacial score (nSPS) is 14.7. The molecule has 7 aromatic carbocycles. The SMILES string of the molecule is CC1(C)c2cc(-c3cc4c(c5ccccc35)C=CCC4)ccc2-c2ccc(-c3cc4ccccc4c4ccccc34)cc21. The van der Waals surface area contributed by atoms with Gasteiger partial charge in [0.15, 0.2) is 0 Å². The minimum absolute atomic E-state index is 0.101. The van der Waals surface area contributed by atoms with Gasteiger partial charge in [0.2, 0.25) is 0 Å². The van der Waals surface area contributed by atoms with Gasteiger partial charge in [0.05, 0.1) is 0 Å². The molecule has 0 atom stereocenters. The monoisotopic (exact) mass is 548 g/mol. The van der Waals surface area contributed by atoms with Gasteiger partial charge < -0.3 is 0 Å². The largest absolute Gasteiger partial charge is 0.0836 e. The maximum absolute atomic E-state index is 2.48. The van der Waals surface area contributed by atoms with Gasteiger partial charge in [-0.15, -0.1) is 0 Å². The second-order valence-corrected chi connectivity index (χ2v) is 12.8. The fourth-order valence-electron chi connectivity index (χ4n) is 7.90. The smallest absolute Gasteiger partial charge is 0.0159 e. The molecular formula is C43H32. The van der Waals surface area contributed by atoms with Crippen molar-refractivity contribution < 1.29 is 0 Å². The van der Waals surface area contributed by atoms with E-state index in [1.807, 2.05) is 0 Å². The Morgan fingerprint density at radius 1 is 0.488 bits per heavy atom. The fourth-order valence-corrected chi connectivity index (χ4v) is 7.90. The van der Waals surface area contributed by atoms with Crippen LogP contribution in [-0.2, 0) is 11.8 Å². The molecule has 43 heavy (non-hydrogen) atoms. The summed E-state index contributed by atoms with van der Waals surface area (Å²) in [6, 6.07) is 45.7. The van der Waals surface area contributed by atoms with Crippen molar-refractivity contribution in [2.24, 2.45) is 0 Å². The van der Waals surface area contributed by atoms with Gasteiger partial charge in [-0.05, 0) is 125 Å². The summed E-state index contributed by atoms with van der Waals surface area (Å²) in [5.41, 5.74) is 13.6. The van der Waals surface area contributed by atoms with Crippen LogP contribution in [0.5, 0.6) is 0 Å². The number of rotatable bonds is 2. The van der Waals surface area contributed by atoms with Crippen LogP contribution in [0.4, 0.5) is 0 Å². The lowest BCUT2D eigenvalue weighted by atomic mass is 9.80. The van der Waals surface area contributed by atoms with Crippen LogP contribution in [0.2, 0.25) is 0 Å². The third-order valence-corrected chi connectivity index (χ3v) is 10.1. The molecule has 0 aliphatic heterocycles. The van der Waals surface area contributed by atoms with E-state index in [0.717, 1.165) is 12.8 Å². The van der Waals surface area contributed by atoms with E-state index in [1.165, 1.54) is 88.0 Å². The van der Waals surface area contributed by atoms with Crippen LogP contribution in [0.15, 0.2) is 127 Å². The Labute approximate surface area is 253 Å². The summed E-state index contributed by atoms with van der Waals surface area (Å²) < 4.78 is 0. The van der Waals surface area contributed by atoms with Gasteiger partial charge >= 0.3 is 0 Å². The molecule has 0 amide bonds. The highest BCUT2D eigenvalue weighted by Gasteiger charge is 2.36. The summed E-state index contributed by atoms with van der Waals surface area (Å²) in [5, 5.41) is 7.93. The van der Waals surface area contributed by atoms with Crippen LogP contribution in [0.25, 0.3) is 71.8 Å². The molecule has 7 aromatic rings. The lowest BCUT2D eigenvalue weighted by molar-refractivity contribution is 0.661. The van der Waals surface area contributed by atoms with Crippen LogP contribution < -0.4 is 0 Å². The lowest BCUT2D eigenvalue weighted by Crippen LogP contribution is -2.15. The quantitative estimate of drug-likeness (QED) is 0.189. The number of hydrogen-bond acceptors (Lipinski definition) is 0. The zero-order valence-corrected chi connectivity index (χ0v) is 24.6. The second-order valence-electron chi connectivity index (χ2n) is 12.8. The molecule has 0 heteroatoms. The van der Waals surface area contributed by atoms with Crippen molar-refractivity contribution in [3.63, 3.8) is 0 Å². The Kier molecular flexibility index (Phi) is 5.17.